The Kier molecular flexibility index (Phi) is 8.26. The average molecular weight is 464 g/mol. The van der Waals surface area contributed by atoms with E-state index in [-0.39, 0.29) is 29.5 Å². The van der Waals surface area contributed by atoms with Gasteiger partial charge in [-0.25, -0.2) is 4.79 Å². The molecule has 1 aromatic carbocycles. The van der Waals surface area contributed by atoms with Crippen molar-refractivity contribution in [1.82, 2.24) is 15.5 Å². The molecule has 7 nitrogen and oxygen atoms in total. The van der Waals surface area contributed by atoms with Gasteiger partial charge in [-0.15, -0.1) is 0 Å². The third kappa shape index (κ3) is 7.43. The second-order valence-electron chi connectivity index (χ2n) is 10.5. The number of hydrogen-bond donors (Lipinski definition) is 3. The molecule has 0 saturated heterocycles. The average Bonchev–Trinajstić information content (AvgIpc) is 3.37. The number of thiol groups is 1. The number of alkyl carbamates (subject to hydrolysis) is 1. The molecule has 1 aromatic rings. The molecule has 3 amide bonds. The Bertz CT molecular complexity index is 817. The first-order valence-corrected chi connectivity index (χ1v) is 11.7. The number of carbonyl (C=O) groups is 3. The van der Waals surface area contributed by atoms with Crippen LogP contribution in [0.5, 0.6) is 0 Å². The van der Waals surface area contributed by atoms with Crippen LogP contribution < -0.4 is 10.6 Å². The number of nitrogens with zero attached hydrogens (tertiary/aromatic N) is 1. The Morgan fingerprint density at radius 3 is 2.12 bits per heavy atom. The van der Waals surface area contributed by atoms with Crippen LogP contribution in [-0.4, -0.2) is 51.8 Å². The van der Waals surface area contributed by atoms with Crippen LogP contribution in [0.2, 0.25) is 0 Å². The number of benzene rings is 1. The summed E-state index contributed by atoms with van der Waals surface area (Å²) in [7, 11) is 0. The van der Waals surface area contributed by atoms with E-state index in [0.717, 1.165) is 12.0 Å². The lowest BCUT2D eigenvalue weighted by molar-refractivity contribution is -0.143. The van der Waals surface area contributed by atoms with Crippen molar-refractivity contribution in [1.29, 1.82) is 0 Å². The van der Waals surface area contributed by atoms with Crippen molar-refractivity contribution >= 4 is 30.5 Å². The molecule has 32 heavy (non-hydrogen) atoms. The Labute approximate surface area is 197 Å². The highest BCUT2D eigenvalue weighted by Crippen LogP contribution is 2.40. The number of ether oxygens (including phenoxy) is 1. The molecule has 1 fully saturated rings. The van der Waals surface area contributed by atoms with E-state index in [1.165, 1.54) is 0 Å². The molecule has 0 aliphatic heterocycles. The minimum Gasteiger partial charge on any atom is -0.444 e. The van der Waals surface area contributed by atoms with Crippen molar-refractivity contribution in [2.75, 3.05) is 5.75 Å². The zero-order valence-corrected chi connectivity index (χ0v) is 21.0. The second-order valence-corrected chi connectivity index (χ2v) is 10.8. The van der Waals surface area contributed by atoms with Gasteiger partial charge in [0.2, 0.25) is 11.8 Å². The predicted octanol–water partition coefficient (Wildman–Crippen LogP) is 3.70. The van der Waals surface area contributed by atoms with Crippen LogP contribution in [0.25, 0.3) is 0 Å². The molecule has 0 radical (unpaired) electrons. The maximum atomic E-state index is 13.7. The number of carbonyl (C=O) groups excluding carboxylic acids is 3. The van der Waals surface area contributed by atoms with Crippen LogP contribution in [0.15, 0.2) is 30.3 Å². The first-order chi connectivity index (χ1) is 14.7. The van der Waals surface area contributed by atoms with E-state index < -0.39 is 29.3 Å². The number of amides is 3. The Balaban J connectivity index is 2.40. The van der Waals surface area contributed by atoms with Gasteiger partial charge in [-0.3, -0.25) is 9.59 Å². The maximum absolute atomic E-state index is 13.7. The highest BCUT2D eigenvalue weighted by molar-refractivity contribution is 7.80. The van der Waals surface area contributed by atoms with Crippen molar-refractivity contribution in [2.24, 2.45) is 5.92 Å². The predicted molar refractivity (Wildman–Crippen MR) is 129 cm³/mol. The van der Waals surface area contributed by atoms with Crippen molar-refractivity contribution in [3.8, 4) is 0 Å². The third-order valence-electron chi connectivity index (χ3n) is 4.99. The molecule has 1 saturated carbocycles. The van der Waals surface area contributed by atoms with Crippen LogP contribution in [-0.2, 0) is 14.3 Å². The van der Waals surface area contributed by atoms with E-state index >= 15 is 0 Å². The first-order valence-electron chi connectivity index (χ1n) is 11.0. The summed E-state index contributed by atoms with van der Waals surface area (Å²) in [6, 6.07) is 7.42. The third-order valence-corrected chi connectivity index (χ3v) is 5.36. The van der Waals surface area contributed by atoms with E-state index in [1.807, 2.05) is 58.0 Å². The van der Waals surface area contributed by atoms with Crippen molar-refractivity contribution in [3.05, 3.63) is 35.9 Å². The minimum absolute atomic E-state index is 0.0814. The maximum Gasteiger partial charge on any atom is 0.408 e. The largest absolute Gasteiger partial charge is 0.444 e. The molecular formula is C24H37N3O4S. The van der Waals surface area contributed by atoms with Crippen LogP contribution in [0.3, 0.4) is 0 Å². The highest BCUT2D eigenvalue weighted by atomic mass is 32.1. The summed E-state index contributed by atoms with van der Waals surface area (Å²) in [5, 5.41) is 5.65. The normalized spacial score (nSPS) is 20.0. The van der Waals surface area contributed by atoms with Crippen LogP contribution in [0.1, 0.15) is 66.5 Å². The standard InChI is InChI=1S/C24H37N3O4S/c1-15-13-18(15)27(21(29)17(14-32)25-22(30)31-24(5,6)7)19(16-11-9-8-10-12-16)20(28)26-23(2,3)4/h8-12,15,17-19,32H,13-14H2,1-7H3,(H,25,30)(H,26,28). The van der Waals surface area contributed by atoms with Crippen LogP contribution >= 0.6 is 12.6 Å². The van der Waals surface area contributed by atoms with E-state index in [4.69, 9.17) is 4.74 Å². The zero-order chi connectivity index (χ0) is 24.3. The fourth-order valence-corrected chi connectivity index (χ4v) is 3.75. The summed E-state index contributed by atoms with van der Waals surface area (Å²) in [6.45, 7) is 13.0. The smallest absolute Gasteiger partial charge is 0.408 e. The fraction of sp³-hybridized carbons (Fsp3) is 0.625. The first kappa shape index (κ1) is 26.0. The van der Waals surface area contributed by atoms with Gasteiger partial charge in [-0.1, -0.05) is 37.3 Å². The monoisotopic (exact) mass is 463 g/mol. The summed E-state index contributed by atoms with van der Waals surface area (Å²) in [5.41, 5.74) is -0.444. The van der Waals surface area contributed by atoms with Gasteiger partial charge in [0.15, 0.2) is 0 Å². The van der Waals surface area contributed by atoms with Crippen molar-refractivity contribution < 1.29 is 19.1 Å². The highest BCUT2D eigenvalue weighted by Gasteiger charge is 2.48. The second kappa shape index (κ2) is 10.1. The lowest BCUT2D eigenvalue weighted by Crippen LogP contribution is -2.56. The number of hydrogen-bond acceptors (Lipinski definition) is 5. The summed E-state index contributed by atoms with van der Waals surface area (Å²) >= 11 is 4.30. The molecule has 0 heterocycles. The summed E-state index contributed by atoms with van der Waals surface area (Å²) in [5.74, 6) is -0.267. The van der Waals surface area contributed by atoms with Gasteiger partial charge in [0, 0.05) is 17.3 Å². The molecule has 8 heteroatoms. The Morgan fingerprint density at radius 2 is 1.69 bits per heavy atom. The van der Waals surface area contributed by atoms with Gasteiger partial charge in [-0.05, 0) is 59.4 Å². The molecule has 0 bridgehead atoms. The van der Waals surface area contributed by atoms with Gasteiger partial charge in [0.1, 0.15) is 17.7 Å². The molecule has 4 unspecified atom stereocenters. The lowest BCUT2D eigenvalue weighted by atomic mass is 10.0. The van der Waals surface area contributed by atoms with Gasteiger partial charge >= 0.3 is 6.09 Å². The quantitative estimate of drug-likeness (QED) is 0.538. The molecular weight excluding hydrogens is 426 g/mol. The van der Waals surface area contributed by atoms with E-state index in [1.54, 1.807) is 25.7 Å². The van der Waals surface area contributed by atoms with Gasteiger partial charge in [0.05, 0.1) is 0 Å². The van der Waals surface area contributed by atoms with Crippen LogP contribution in [0, 0.1) is 5.92 Å². The summed E-state index contributed by atoms with van der Waals surface area (Å²) < 4.78 is 5.32. The van der Waals surface area contributed by atoms with E-state index in [2.05, 4.69) is 23.3 Å². The zero-order valence-electron chi connectivity index (χ0n) is 20.1. The molecule has 2 rings (SSSR count). The van der Waals surface area contributed by atoms with Gasteiger partial charge < -0.3 is 20.3 Å². The van der Waals surface area contributed by atoms with Gasteiger partial charge in [-0.2, -0.15) is 12.6 Å². The summed E-state index contributed by atoms with van der Waals surface area (Å²) in [6.07, 6.45) is 0.105. The number of nitrogens with one attached hydrogen (secondary N) is 2. The molecule has 178 valence electrons. The SMILES string of the molecule is CC1CC1N(C(=O)C(CS)NC(=O)OC(C)(C)C)C(C(=O)NC(C)(C)C)c1ccccc1. The molecule has 2 N–H and O–H groups in total. The fourth-order valence-electron chi connectivity index (χ4n) is 3.50. The van der Waals surface area contributed by atoms with Gasteiger partial charge in [0.25, 0.3) is 0 Å². The molecule has 0 spiro atoms. The van der Waals surface area contributed by atoms with E-state index in [9.17, 15) is 14.4 Å². The van der Waals surface area contributed by atoms with Crippen molar-refractivity contribution in [2.45, 2.75) is 84.2 Å². The summed E-state index contributed by atoms with van der Waals surface area (Å²) in [4.78, 5) is 41.1. The van der Waals surface area contributed by atoms with E-state index in [0.29, 0.717) is 0 Å². The number of rotatable bonds is 7. The Hall–Kier alpha value is -2.22. The lowest BCUT2D eigenvalue weighted by Gasteiger charge is -2.36. The van der Waals surface area contributed by atoms with Crippen molar-refractivity contribution in [3.63, 3.8) is 0 Å². The molecule has 0 aromatic heterocycles. The minimum atomic E-state index is -0.922. The topological polar surface area (TPSA) is 87.7 Å². The molecule has 1 aliphatic rings. The molecule has 1 aliphatic carbocycles. The van der Waals surface area contributed by atoms with Crippen LogP contribution in [0.4, 0.5) is 4.79 Å². The Morgan fingerprint density at radius 1 is 1.12 bits per heavy atom. The molecule has 4 atom stereocenters.